The highest BCUT2D eigenvalue weighted by atomic mass is 16.5. The summed E-state index contributed by atoms with van der Waals surface area (Å²) in [5.74, 6) is 1.57. The monoisotopic (exact) mass is 494 g/mol. The molecule has 1 aromatic carbocycles. The van der Waals surface area contributed by atoms with Gasteiger partial charge >= 0.3 is 6.09 Å². The molecule has 1 aliphatic carbocycles. The van der Waals surface area contributed by atoms with Gasteiger partial charge in [-0.3, -0.25) is 14.5 Å². The molecule has 0 spiro atoms. The zero-order valence-corrected chi connectivity index (χ0v) is 21.8. The number of nitrogens with zero attached hydrogens (tertiary/aromatic N) is 4. The first kappa shape index (κ1) is 24.8. The molecule has 1 saturated carbocycles. The number of hydrogen-bond acceptors (Lipinski definition) is 5. The van der Waals surface area contributed by atoms with Crippen LogP contribution in [0.15, 0.2) is 12.1 Å². The molecule has 0 radical (unpaired) electrons. The normalized spacial score (nSPS) is 24.6. The smallest absolute Gasteiger partial charge is 0.414 e. The van der Waals surface area contributed by atoms with E-state index in [4.69, 9.17) is 9.72 Å². The van der Waals surface area contributed by atoms with Crippen LogP contribution in [0.25, 0.3) is 11.0 Å². The topological polar surface area (TPSA) is 84.7 Å². The van der Waals surface area contributed by atoms with E-state index in [0.717, 1.165) is 86.0 Å². The largest absolute Gasteiger partial charge is 0.452 e. The number of amides is 2. The van der Waals surface area contributed by atoms with Crippen LogP contribution in [0.5, 0.6) is 0 Å². The number of carbonyl (C=O) groups excluding carboxylic acids is 3. The minimum Gasteiger partial charge on any atom is -0.452 e. The summed E-state index contributed by atoms with van der Waals surface area (Å²) in [4.78, 5) is 46.2. The van der Waals surface area contributed by atoms with E-state index in [9.17, 15) is 14.4 Å². The second-order valence-electron chi connectivity index (χ2n) is 10.8. The Labute approximate surface area is 213 Å². The van der Waals surface area contributed by atoms with Crippen LogP contribution < -0.4 is 4.90 Å². The van der Waals surface area contributed by atoms with Gasteiger partial charge in [-0.15, -0.1) is 0 Å². The minimum absolute atomic E-state index is 0.0590. The number of anilines is 1. The number of aromatic nitrogens is 2. The maximum atomic E-state index is 12.6. The summed E-state index contributed by atoms with van der Waals surface area (Å²) in [6.07, 6.45) is 8.54. The fourth-order valence-corrected chi connectivity index (χ4v) is 6.51. The van der Waals surface area contributed by atoms with Crippen LogP contribution >= 0.6 is 0 Å². The van der Waals surface area contributed by atoms with Crippen LogP contribution in [0.4, 0.5) is 10.5 Å². The minimum atomic E-state index is -0.345. The molecular weight excluding hydrogens is 456 g/mol. The molecule has 2 aliphatic heterocycles. The first-order valence-electron chi connectivity index (χ1n) is 13.6. The third-order valence-corrected chi connectivity index (χ3v) is 8.51. The number of likely N-dealkylation sites (tertiary alicyclic amines) is 1. The maximum Gasteiger partial charge on any atom is 0.414 e. The van der Waals surface area contributed by atoms with Gasteiger partial charge in [0.15, 0.2) is 0 Å². The number of methoxy groups -OCH3 is 1. The van der Waals surface area contributed by atoms with E-state index < -0.39 is 0 Å². The SMILES string of the molecule is COC(=O)N1c2ccc3c(nc(CCN4CCCCC4=O)n3[C@@H]3CCC[C@@H](C(C)=O)C3)c2CC[C@@H]1C. The Morgan fingerprint density at radius 2 is 1.94 bits per heavy atom. The number of ketones is 1. The Bertz CT molecular complexity index is 1170. The van der Waals surface area contributed by atoms with Crippen LogP contribution in [-0.4, -0.2) is 58.5 Å². The number of ether oxygens (including phenoxy) is 1. The van der Waals surface area contributed by atoms with Crippen molar-refractivity contribution in [2.45, 2.75) is 90.1 Å². The molecule has 3 atom stereocenters. The van der Waals surface area contributed by atoms with Crippen molar-refractivity contribution < 1.29 is 19.1 Å². The van der Waals surface area contributed by atoms with Gasteiger partial charge in [-0.25, -0.2) is 9.78 Å². The third kappa shape index (κ3) is 4.50. The van der Waals surface area contributed by atoms with Gasteiger partial charge in [0.2, 0.25) is 5.91 Å². The van der Waals surface area contributed by atoms with Crippen molar-refractivity contribution in [3.63, 3.8) is 0 Å². The molecule has 8 heteroatoms. The van der Waals surface area contributed by atoms with Crippen LogP contribution in [-0.2, 0) is 27.2 Å². The quantitative estimate of drug-likeness (QED) is 0.595. The van der Waals surface area contributed by atoms with Gasteiger partial charge in [-0.05, 0) is 70.9 Å². The predicted octanol–water partition coefficient (Wildman–Crippen LogP) is 4.82. The lowest BCUT2D eigenvalue weighted by atomic mass is 9.83. The number of imidazole rings is 1. The molecule has 0 bridgehead atoms. The molecule has 1 aromatic heterocycles. The van der Waals surface area contributed by atoms with Crippen molar-refractivity contribution in [2.24, 2.45) is 5.92 Å². The van der Waals surface area contributed by atoms with Crippen LogP contribution in [0.3, 0.4) is 0 Å². The molecular formula is C28H38N4O4. The number of rotatable bonds is 5. The highest BCUT2D eigenvalue weighted by molar-refractivity contribution is 5.95. The van der Waals surface area contributed by atoms with E-state index >= 15 is 0 Å². The van der Waals surface area contributed by atoms with Crippen molar-refractivity contribution in [1.29, 1.82) is 0 Å². The van der Waals surface area contributed by atoms with Gasteiger partial charge in [-0.2, -0.15) is 0 Å². The second-order valence-corrected chi connectivity index (χ2v) is 10.8. The number of hydrogen-bond donors (Lipinski definition) is 0. The molecule has 0 N–H and O–H groups in total. The number of benzene rings is 1. The molecule has 3 aliphatic rings. The summed E-state index contributed by atoms with van der Waals surface area (Å²) >= 11 is 0. The standard InChI is InChI=1S/C28H38N4O4/c1-18-10-11-22-23(31(18)28(35)36-3)12-13-24-27(22)29-25(14-16-30-15-5-4-9-26(30)34)32(24)21-8-6-7-20(17-21)19(2)33/h12-13,18,20-21H,4-11,14-17H2,1-3H3/t18-,20+,21+/m0/s1. The van der Waals surface area contributed by atoms with E-state index in [1.54, 1.807) is 11.8 Å². The van der Waals surface area contributed by atoms with Crippen LogP contribution in [0, 0.1) is 5.92 Å². The van der Waals surface area contributed by atoms with Gasteiger partial charge in [0.05, 0.1) is 23.8 Å². The number of fused-ring (bicyclic) bond motifs is 3. The molecule has 3 heterocycles. The Balaban J connectivity index is 1.56. The van der Waals surface area contributed by atoms with Crippen molar-refractivity contribution in [1.82, 2.24) is 14.5 Å². The molecule has 5 rings (SSSR count). The highest BCUT2D eigenvalue weighted by Crippen LogP contribution is 2.40. The summed E-state index contributed by atoms with van der Waals surface area (Å²) in [6.45, 7) is 5.24. The zero-order valence-electron chi connectivity index (χ0n) is 21.8. The molecule has 2 fully saturated rings. The van der Waals surface area contributed by atoms with Gasteiger partial charge < -0.3 is 14.2 Å². The summed E-state index contributed by atoms with van der Waals surface area (Å²) in [7, 11) is 1.42. The Hall–Kier alpha value is -2.90. The average molecular weight is 495 g/mol. The van der Waals surface area contributed by atoms with Gasteiger partial charge in [-0.1, -0.05) is 6.42 Å². The van der Waals surface area contributed by atoms with Gasteiger partial charge in [0.1, 0.15) is 11.6 Å². The van der Waals surface area contributed by atoms with E-state index in [0.29, 0.717) is 19.4 Å². The van der Waals surface area contributed by atoms with Crippen molar-refractivity contribution in [3.8, 4) is 0 Å². The molecule has 2 aromatic rings. The number of carbonyl (C=O) groups is 3. The van der Waals surface area contributed by atoms with Crippen molar-refractivity contribution in [3.05, 3.63) is 23.5 Å². The fraction of sp³-hybridized carbons (Fsp3) is 0.643. The van der Waals surface area contributed by atoms with Crippen molar-refractivity contribution >= 4 is 34.5 Å². The van der Waals surface area contributed by atoms with E-state index in [-0.39, 0.29) is 35.8 Å². The molecule has 194 valence electrons. The lowest BCUT2D eigenvalue weighted by Gasteiger charge is -2.34. The Kier molecular flexibility index (Phi) is 7.04. The molecule has 8 nitrogen and oxygen atoms in total. The molecule has 36 heavy (non-hydrogen) atoms. The Morgan fingerprint density at radius 3 is 2.69 bits per heavy atom. The summed E-state index contributed by atoms with van der Waals surface area (Å²) in [5, 5.41) is 0. The van der Waals surface area contributed by atoms with Gasteiger partial charge in [0, 0.05) is 49.5 Å². The summed E-state index contributed by atoms with van der Waals surface area (Å²) in [5.41, 5.74) is 3.98. The van der Waals surface area contributed by atoms with Crippen LogP contribution in [0.2, 0.25) is 0 Å². The zero-order chi connectivity index (χ0) is 25.4. The summed E-state index contributed by atoms with van der Waals surface area (Å²) < 4.78 is 7.46. The number of piperidine rings is 1. The highest BCUT2D eigenvalue weighted by Gasteiger charge is 2.34. The van der Waals surface area contributed by atoms with Crippen molar-refractivity contribution in [2.75, 3.05) is 25.1 Å². The number of aryl methyl sites for hydroxylation is 1. The van der Waals surface area contributed by atoms with E-state index in [1.165, 1.54) is 7.11 Å². The second kappa shape index (κ2) is 10.2. The van der Waals surface area contributed by atoms with E-state index in [1.807, 2.05) is 17.9 Å². The average Bonchev–Trinajstić information content (AvgIpc) is 3.26. The lowest BCUT2D eigenvalue weighted by Crippen LogP contribution is -2.42. The lowest BCUT2D eigenvalue weighted by molar-refractivity contribution is -0.133. The van der Waals surface area contributed by atoms with E-state index in [2.05, 4.69) is 10.6 Å². The molecule has 0 unspecified atom stereocenters. The third-order valence-electron chi connectivity index (χ3n) is 8.51. The number of Topliss-reactive ketones (excluding diaryl/α,β-unsaturated/α-hetero) is 1. The maximum absolute atomic E-state index is 12.6. The summed E-state index contributed by atoms with van der Waals surface area (Å²) in [6, 6.07) is 4.39. The van der Waals surface area contributed by atoms with Crippen LogP contribution in [0.1, 0.15) is 82.6 Å². The first-order valence-corrected chi connectivity index (χ1v) is 13.6. The molecule has 2 amide bonds. The predicted molar refractivity (Wildman–Crippen MR) is 138 cm³/mol. The Morgan fingerprint density at radius 1 is 1.11 bits per heavy atom. The first-order chi connectivity index (χ1) is 17.4. The molecule has 1 saturated heterocycles. The fourth-order valence-electron chi connectivity index (χ4n) is 6.51. The van der Waals surface area contributed by atoms with Gasteiger partial charge in [0.25, 0.3) is 0 Å².